The molecule has 0 bridgehead atoms. The molecule has 0 heterocycles. The summed E-state index contributed by atoms with van der Waals surface area (Å²) in [7, 11) is 0. The Morgan fingerprint density at radius 1 is 0.923 bits per heavy atom. The van der Waals surface area contributed by atoms with E-state index >= 15 is 0 Å². The first-order valence-electron chi connectivity index (χ1n) is 5.12. The van der Waals surface area contributed by atoms with Crippen molar-refractivity contribution >= 4 is 0 Å². The van der Waals surface area contributed by atoms with Gasteiger partial charge in [-0.05, 0) is 26.2 Å². The third kappa shape index (κ3) is 3.33. The molecule has 0 N–H and O–H groups in total. The van der Waals surface area contributed by atoms with Crippen molar-refractivity contribution in [3.63, 3.8) is 0 Å². The molecular weight excluding hydrogens is 162 g/mol. The van der Waals surface area contributed by atoms with E-state index in [2.05, 4.69) is 43.6 Å². The first kappa shape index (κ1) is 12.4. The van der Waals surface area contributed by atoms with Crippen LogP contribution >= 0.6 is 0 Å². The molecule has 0 saturated heterocycles. The third-order valence-corrected chi connectivity index (χ3v) is 2.43. The Hall–Kier alpha value is -0.590. The summed E-state index contributed by atoms with van der Waals surface area (Å²) in [5.74, 6) is 0. The summed E-state index contributed by atoms with van der Waals surface area (Å²) >= 11 is 0. The number of nitrogens with zero attached hydrogens (tertiary/aromatic N) is 3. The van der Waals surface area contributed by atoms with E-state index in [4.69, 9.17) is 5.26 Å². The molecule has 0 fully saturated rings. The van der Waals surface area contributed by atoms with E-state index in [0.717, 1.165) is 26.2 Å². The third-order valence-electron chi connectivity index (χ3n) is 2.43. The Labute approximate surface area is 81.9 Å². The van der Waals surface area contributed by atoms with E-state index in [-0.39, 0.29) is 6.17 Å². The maximum atomic E-state index is 9.06. The molecule has 0 saturated carbocycles. The smallest absolute Gasteiger partial charge is 0.152 e. The second-order valence-electron chi connectivity index (χ2n) is 2.95. The molecule has 0 unspecified atom stereocenters. The SMILES string of the molecule is CCN(CC)C(C#N)N(CC)CC. The van der Waals surface area contributed by atoms with E-state index in [1.807, 2.05) is 0 Å². The molecule has 0 aromatic rings. The molecule has 0 radical (unpaired) electrons. The van der Waals surface area contributed by atoms with Crippen LogP contribution in [0.4, 0.5) is 0 Å². The van der Waals surface area contributed by atoms with Crippen LogP contribution in [0.15, 0.2) is 0 Å². The molecule has 0 spiro atoms. The van der Waals surface area contributed by atoms with Gasteiger partial charge in [-0.15, -0.1) is 0 Å². The van der Waals surface area contributed by atoms with Gasteiger partial charge in [0.25, 0.3) is 0 Å². The lowest BCUT2D eigenvalue weighted by atomic mass is 10.3. The highest BCUT2D eigenvalue weighted by molar-refractivity contribution is 4.90. The van der Waals surface area contributed by atoms with Crippen molar-refractivity contribution in [3.05, 3.63) is 0 Å². The van der Waals surface area contributed by atoms with E-state index < -0.39 is 0 Å². The van der Waals surface area contributed by atoms with Crippen molar-refractivity contribution in [1.29, 1.82) is 5.26 Å². The van der Waals surface area contributed by atoms with Crippen molar-refractivity contribution in [1.82, 2.24) is 9.80 Å². The zero-order valence-corrected chi connectivity index (χ0v) is 9.25. The van der Waals surface area contributed by atoms with Crippen LogP contribution in [0.5, 0.6) is 0 Å². The molecule has 3 nitrogen and oxygen atoms in total. The summed E-state index contributed by atoms with van der Waals surface area (Å²) in [6.07, 6.45) is -0.0509. The predicted octanol–water partition coefficient (Wildman–Crippen LogP) is 1.52. The van der Waals surface area contributed by atoms with Gasteiger partial charge in [0.15, 0.2) is 6.17 Å². The second-order valence-corrected chi connectivity index (χ2v) is 2.95. The molecule has 3 heteroatoms. The predicted molar refractivity (Wildman–Crippen MR) is 55.2 cm³/mol. The Morgan fingerprint density at radius 3 is 1.38 bits per heavy atom. The van der Waals surface area contributed by atoms with Crippen LogP contribution in [-0.2, 0) is 0 Å². The maximum absolute atomic E-state index is 9.06. The molecule has 0 rings (SSSR count). The molecule has 0 aliphatic heterocycles. The van der Waals surface area contributed by atoms with Gasteiger partial charge < -0.3 is 0 Å². The minimum atomic E-state index is -0.0509. The molecule has 0 aliphatic carbocycles. The Bertz CT molecular complexity index is 142. The van der Waals surface area contributed by atoms with Gasteiger partial charge in [-0.3, -0.25) is 9.80 Å². The molecule has 13 heavy (non-hydrogen) atoms. The van der Waals surface area contributed by atoms with Gasteiger partial charge in [-0.2, -0.15) is 5.26 Å². The lowest BCUT2D eigenvalue weighted by Gasteiger charge is -2.32. The monoisotopic (exact) mass is 183 g/mol. The highest BCUT2D eigenvalue weighted by atomic mass is 15.3. The average Bonchev–Trinajstić information content (AvgIpc) is 2.18. The van der Waals surface area contributed by atoms with Crippen molar-refractivity contribution in [3.8, 4) is 6.07 Å². The molecule has 0 atom stereocenters. The molecule has 76 valence electrons. The van der Waals surface area contributed by atoms with Crippen molar-refractivity contribution in [2.75, 3.05) is 26.2 Å². The summed E-state index contributed by atoms with van der Waals surface area (Å²) in [4.78, 5) is 4.35. The molecule has 0 aliphatic rings. The van der Waals surface area contributed by atoms with Crippen molar-refractivity contribution < 1.29 is 0 Å². The fraction of sp³-hybridized carbons (Fsp3) is 0.900. The summed E-state index contributed by atoms with van der Waals surface area (Å²) in [5.41, 5.74) is 0. The Balaban J connectivity index is 4.37. The lowest BCUT2D eigenvalue weighted by molar-refractivity contribution is 0.0982. The summed E-state index contributed by atoms with van der Waals surface area (Å²) < 4.78 is 0. The van der Waals surface area contributed by atoms with E-state index in [1.165, 1.54) is 0 Å². The van der Waals surface area contributed by atoms with E-state index in [0.29, 0.717) is 0 Å². The molecular formula is C10H21N3. The van der Waals surface area contributed by atoms with E-state index in [9.17, 15) is 0 Å². The standard InChI is InChI=1S/C10H21N3/c1-5-12(6-2)10(9-11)13(7-3)8-4/h10H,5-8H2,1-4H3. The lowest BCUT2D eigenvalue weighted by Crippen LogP contribution is -2.47. The first-order chi connectivity index (χ1) is 6.24. The number of hydrogen-bond acceptors (Lipinski definition) is 3. The topological polar surface area (TPSA) is 30.3 Å². The highest BCUT2D eigenvalue weighted by Gasteiger charge is 2.19. The normalized spacial score (nSPS) is 11.2. The summed E-state index contributed by atoms with van der Waals surface area (Å²) in [6.45, 7) is 12.1. The summed E-state index contributed by atoms with van der Waals surface area (Å²) in [5, 5.41) is 9.06. The van der Waals surface area contributed by atoms with Crippen LogP contribution < -0.4 is 0 Å². The van der Waals surface area contributed by atoms with Crippen LogP contribution in [0, 0.1) is 11.3 Å². The summed E-state index contributed by atoms with van der Waals surface area (Å²) in [6, 6.07) is 2.36. The Morgan fingerprint density at radius 2 is 1.23 bits per heavy atom. The van der Waals surface area contributed by atoms with Crippen LogP contribution in [0.2, 0.25) is 0 Å². The molecule has 0 amide bonds. The minimum Gasteiger partial charge on any atom is -0.276 e. The molecule has 0 aromatic heterocycles. The molecule has 0 aromatic carbocycles. The van der Waals surface area contributed by atoms with Gasteiger partial charge in [0.05, 0.1) is 6.07 Å². The van der Waals surface area contributed by atoms with Crippen LogP contribution in [0.25, 0.3) is 0 Å². The van der Waals surface area contributed by atoms with Gasteiger partial charge in [-0.25, -0.2) is 0 Å². The maximum Gasteiger partial charge on any atom is 0.152 e. The van der Waals surface area contributed by atoms with Gasteiger partial charge in [0, 0.05) is 0 Å². The van der Waals surface area contributed by atoms with Gasteiger partial charge in [0.2, 0.25) is 0 Å². The van der Waals surface area contributed by atoms with Crippen molar-refractivity contribution in [2.24, 2.45) is 0 Å². The van der Waals surface area contributed by atoms with E-state index in [1.54, 1.807) is 0 Å². The number of hydrogen-bond donors (Lipinski definition) is 0. The Kier molecular flexibility index (Phi) is 6.56. The zero-order valence-electron chi connectivity index (χ0n) is 9.25. The second kappa shape index (κ2) is 6.88. The van der Waals surface area contributed by atoms with Crippen molar-refractivity contribution in [2.45, 2.75) is 33.9 Å². The van der Waals surface area contributed by atoms with Crippen LogP contribution in [0.1, 0.15) is 27.7 Å². The fourth-order valence-electron chi connectivity index (χ4n) is 1.53. The first-order valence-corrected chi connectivity index (χ1v) is 5.12. The average molecular weight is 183 g/mol. The number of rotatable bonds is 6. The van der Waals surface area contributed by atoms with Gasteiger partial charge >= 0.3 is 0 Å². The van der Waals surface area contributed by atoms with Crippen LogP contribution in [-0.4, -0.2) is 42.1 Å². The quantitative estimate of drug-likeness (QED) is 0.585. The number of nitriles is 1. The van der Waals surface area contributed by atoms with Gasteiger partial charge in [-0.1, -0.05) is 27.7 Å². The highest BCUT2D eigenvalue weighted by Crippen LogP contribution is 2.04. The zero-order chi connectivity index (χ0) is 10.3. The van der Waals surface area contributed by atoms with Crippen LogP contribution in [0.3, 0.4) is 0 Å². The minimum absolute atomic E-state index is 0.0509. The van der Waals surface area contributed by atoms with Gasteiger partial charge in [0.1, 0.15) is 0 Å². The fourth-order valence-corrected chi connectivity index (χ4v) is 1.53. The largest absolute Gasteiger partial charge is 0.276 e.